The number of carbonyl (C=O) groups is 1. The molecule has 24 heavy (non-hydrogen) atoms. The van der Waals surface area contributed by atoms with Crippen LogP contribution in [0.3, 0.4) is 0 Å². The Hall–Kier alpha value is -1.18. The lowest BCUT2D eigenvalue weighted by Gasteiger charge is -2.39. The molecule has 7 heteroatoms. The maximum absolute atomic E-state index is 11.3. The van der Waals surface area contributed by atoms with Gasteiger partial charge in [-0.1, -0.05) is 18.7 Å². The molecular weight excluding hydrogens is 324 g/mol. The number of likely N-dealkylation sites (tertiary alicyclic amines) is 2. The van der Waals surface area contributed by atoms with Crippen LogP contribution in [0.1, 0.15) is 31.7 Å². The van der Waals surface area contributed by atoms with Gasteiger partial charge in [0.05, 0.1) is 0 Å². The average molecular weight is 350 g/mol. The van der Waals surface area contributed by atoms with E-state index >= 15 is 0 Å². The van der Waals surface area contributed by atoms with Crippen LogP contribution in [-0.4, -0.2) is 69.3 Å². The van der Waals surface area contributed by atoms with Gasteiger partial charge < -0.3 is 5.11 Å². The van der Waals surface area contributed by atoms with Crippen molar-refractivity contribution in [3.63, 3.8) is 0 Å². The molecule has 1 atom stereocenters. The summed E-state index contributed by atoms with van der Waals surface area (Å²) in [7, 11) is 1.94. The first-order chi connectivity index (χ1) is 11.5. The number of aromatic nitrogens is 2. The highest BCUT2D eigenvalue weighted by molar-refractivity contribution is 7.99. The highest BCUT2D eigenvalue weighted by Gasteiger charge is 2.46. The van der Waals surface area contributed by atoms with E-state index in [2.05, 4.69) is 21.8 Å². The van der Waals surface area contributed by atoms with Crippen LogP contribution in [-0.2, 0) is 11.3 Å². The largest absolute Gasteiger partial charge is 0.480 e. The number of piperidine rings is 1. The molecule has 0 aliphatic carbocycles. The van der Waals surface area contributed by atoms with Crippen LogP contribution >= 0.6 is 11.8 Å². The van der Waals surface area contributed by atoms with E-state index in [0.29, 0.717) is 0 Å². The van der Waals surface area contributed by atoms with Crippen molar-refractivity contribution in [3.05, 3.63) is 18.0 Å². The first-order valence-electron chi connectivity index (χ1n) is 8.60. The Balaban J connectivity index is 1.53. The molecule has 1 N–H and O–H groups in total. The van der Waals surface area contributed by atoms with Gasteiger partial charge >= 0.3 is 5.97 Å². The van der Waals surface area contributed by atoms with Crippen molar-refractivity contribution in [2.24, 2.45) is 5.41 Å². The molecule has 2 saturated heterocycles. The molecule has 132 valence electrons. The fraction of sp³-hybridized carbons (Fsp3) is 0.706. The second-order valence-corrected chi connectivity index (χ2v) is 8.29. The van der Waals surface area contributed by atoms with Crippen molar-refractivity contribution in [2.45, 2.75) is 43.9 Å². The molecule has 1 aromatic rings. The number of rotatable bonds is 5. The number of thioether (sulfide) groups is 1. The summed E-state index contributed by atoms with van der Waals surface area (Å²) in [5, 5.41) is 10.2. The van der Waals surface area contributed by atoms with Gasteiger partial charge in [-0.2, -0.15) is 0 Å². The van der Waals surface area contributed by atoms with Gasteiger partial charge in [0.2, 0.25) is 0 Å². The zero-order valence-corrected chi connectivity index (χ0v) is 15.3. The van der Waals surface area contributed by atoms with Crippen LogP contribution in [0.4, 0.5) is 0 Å². The number of carboxylic acid groups (broad SMARTS) is 1. The number of aliphatic carboxylic acids is 1. The van der Waals surface area contributed by atoms with Crippen molar-refractivity contribution in [1.29, 1.82) is 0 Å². The number of likely N-dealkylation sites (N-methyl/N-ethyl adjacent to an activating group) is 1. The quantitative estimate of drug-likeness (QED) is 0.643. The lowest BCUT2D eigenvalue weighted by Crippen LogP contribution is -2.40. The van der Waals surface area contributed by atoms with Gasteiger partial charge in [-0.15, -0.1) is 0 Å². The highest BCUT2D eigenvalue weighted by Crippen LogP contribution is 2.42. The Kier molecular flexibility index (Phi) is 5.42. The van der Waals surface area contributed by atoms with Crippen molar-refractivity contribution in [2.75, 3.05) is 32.4 Å². The summed E-state index contributed by atoms with van der Waals surface area (Å²) in [5.41, 5.74) is 1.34. The molecule has 0 saturated carbocycles. The molecule has 0 bridgehead atoms. The zero-order valence-electron chi connectivity index (χ0n) is 14.4. The Labute approximate surface area is 147 Å². The molecule has 0 radical (unpaired) electrons. The van der Waals surface area contributed by atoms with E-state index < -0.39 is 5.97 Å². The lowest BCUT2D eigenvalue weighted by molar-refractivity contribution is -0.141. The van der Waals surface area contributed by atoms with E-state index in [9.17, 15) is 9.90 Å². The SMILES string of the molecule is CCSc1ncc(CN2CCC3(CC2)C[C@@H](C(=O)O)N(C)C3)cn1. The average Bonchev–Trinajstić information content (AvgIpc) is 2.89. The Bertz CT molecular complexity index is 572. The van der Waals surface area contributed by atoms with Crippen molar-refractivity contribution < 1.29 is 9.90 Å². The summed E-state index contributed by atoms with van der Waals surface area (Å²) in [4.78, 5) is 24.6. The van der Waals surface area contributed by atoms with E-state index in [-0.39, 0.29) is 11.5 Å². The molecule has 6 nitrogen and oxygen atoms in total. The number of carboxylic acids is 1. The third-order valence-electron chi connectivity index (χ3n) is 5.31. The maximum Gasteiger partial charge on any atom is 0.320 e. The standard InChI is InChI=1S/C17H26N4O2S/c1-3-24-16-18-9-13(10-19-16)11-21-6-4-17(5-7-21)8-14(15(22)23)20(2)12-17/h9-10,14H,3-8,11-12H2,1-2H3,(H,22,23)/t14-/m0/s1. The molecule has 1 spiro atoms. The van der Waals surface area contributed by atoms with Gasteiger partial charge in [-0.05, 0) is 50.6 Å². The topological polar surface area (TPSA) is 69.6 Å². The summed E-state index contributed by atoms with van der Waals surface area (Å²) in [6.07, 6.45) is 6.80. The van der Waals surface area contributed by atoms with Crippen LogP contribution in [0.25, 0.3) is 0 Å². The molecular formula is C17H26N4O2S. The molecule has 0 amide bonds. The molecule has 0 unspecified atom stereocenters. The molecule has 3 rings (SSSR count). The van der Waals surface area contributed by atoms with E-state index in [1.54, 1.807) is 11.8 Å². The van der Waals surface area contributed by atoms with Crippen LogP contribution in [0, 0.1) is 5.41 Å². The summed E-state index contributed by atoms with van der Waals surface area (Å²) >= 11 is 1.66. The fourth-order valence-electron chi connectivity index (χ4n) is 3.98. The van der Waals surface area contributed by atoms with Gasteiger partial charge in [0.25, 0.3) is 0 Å². The molecule has 2 fully saturated rings. The minimum absolute atomic E-state index is 0.187. The maximum atomic E-state index is 11.3. The molecule has 0 aromatic carbocycles. The predicted octanol–water partition coefficient (Wildman–Crippen LogP) is 1.96. The van der Waals surface area contributed by atoms with Crippen LogP contribution < -0.4 is 0 Å². The molecule has 1 aromatic heterocycles. The predicted molar refractivity (Wildman–Crippen MR) is 94.0 cm³/mol. The highest BCUT2D eigenvalue weighted by atomic mass is 32.2. The van der Waals surface area contributed by atoms with Crippen LogP contribution in [0.15, 0.2) is 17.6 Å². The van der Waals surface area contributed by atoms with Gasteiger partial charge in [0.15, 0.2) is 5.16 Å². The Morgan fingerprint density at radius 2 is 2.04 bits per heavy atom. The van der Waals surface area contributed by atoms with Crippen LogP contribution in [0.5, 0.6) is 0 Å². The lowest BCUT2D eigenvalue weighted by atomic mass is 9.76. The van der Waals surface area contributed by atoms with E-state index in [1.165, 1.54) is 0 Å². The second kappa shape index (κ2) is 7.37. The number of hydrogen-bond acceptors (Lipinski definition) is 6. The first-order valence-corrected chi connectivity index (χ1v) is 9.59. The number of hydrogen-bond donors (Lipinski definition) is 1. The Morgan fingerprint density at radius 3 is 2.58 bits per heavy atom. The third-order valence-corrected chi connectivity index (χ3v) is 6.06. The minimum Gasteiger partial charge on any atom is -0.480 e. The monoisotopic (exact) mass is 350 g/mol. The summed E-state index contributed by atoms with van der Waals surface area (Å²) in [6.45, 7) is 5.92. The van der Waals surface area contributed by atoms with Gasteiger partial charge in [0, 0.05) is 31.0 Å². The molecule has 3 heterocycles. The van der Waals surface area contributed by atoms with Crippen LogP contribution in [0.2, 0.25) is 0 Å². The normalized spacial score (nSPS) is 24.5. The summed E-state index contributed by atoms with van der Waals surface area (Å²) in [6, 6.07) is -0.312. The summed E-state index contributed by atoms with van der Waals surface area (Å²) in [5.74, 6) is 0.304. The first kappa shape index (κ1) is 17.6. The minimum atomic E-state index is -0.681. The van der Waals surface area contributed by atoms with Crippen molar-refractivity contribution in [1.82, 2.24) is 19.8 Å². The smallest absolute Gasteiger partial charge is 0.320 e. The van der Waals surface area contributed by atoms with Gasteiger partial charge in [-0.25, -0.2) is 9.97 Å². The number of nitrogens with zero attached hydrogens (tertiary/aromatic N) is 4. The summed E-state index contributed by atoms with van der Waals surface area (Å²) < 4.78 is 0. The Morgan fingerprint density at radius 1 is 1.38 bits per heavy atom. The molecule has 2 aliphatic rings. The molecule has 2 aliphatic heterocycles. The van der Waals surface area contributed by atoms with E-state index in [4.69, 9.17) is 0 Å². The second-order valence-electron chi connectivity index (χ2n) is 7.06. The van der Waals surface area contributed by atoms with Crippen molar-refractivity contribution in [3.8, 4) is 0 Å². The van der Waals surface area contributed by atoms with E-state index in [1.807, 2.05) is 24.3 Å². The van der Waals surface area contributed by atoms with Crippen molar-refractivity contribution >= 4 is 17.7 Å². The van der Waals surface area contributed by atoms with E-state index in [0.717, 1.165) is 61.9 Å². The third kappa shape index (κ3) is 3.90. The zero-order chi connectivity index (χ0) is 17.2. The fourth-order valence-corrected chi connectivity index (χ4v) is 4.49. The van der Waals surface area contributed by atoms with Gasteiger partial charge in [0.1, 0.15) is 6.04 Å². The van der Waals surface area contributed by atoms with Gasteiger partial charge in [-0.3, -0.25) is 14.6 Å².